The van der Waals surface area contributed by atoms with Crippen LogP contribution in [0.5, 0.6) is 0 Å². The Bertz CT molecular complexity index is 90.9. The largest absolute Gasteiger partial charge is 0.381 e. The lowest BCUT2D eigenvalue weighted by atomic mass is 10.2. The van der Waals surface area contributed by atoms with Crippen molar-refractivity contribution in [2.24, 2.45) is 0 Å². The average molecular weight is 141 g/mol. The van der Waals surface area contributed by atoms with Crippen molar-refractivity contribution in [1.82, 2.24) is 0 Å². The van der Waals surface area contributed by atoms with Gasteiger partial charge in [0.1, 0.15) is 0 Å². The molecular formula is C9H17O. The number of allylic oxidation sites excluding steroid dienone is 2. The molecule has 0 rings (SSSR count). The molecule has 1 radical (unpaired) electrons. The molecule has 0 amide bonds. The monoisotopic (exact) mass is 141 g/mol. The normalized spacial score (nSPS) is 9.50. The number of ether oxygens (including phenoxy) is 1. The van der Waals surface area contributed by atoms with Crippen molar-refractivity contribution < 1.29 is 4.74 Å². The number of unbranched alkanes of at least 4 members (excludes halogenated alkanes) is 1. The zero-order valence-corrected chi connectivity index (χ0v) is 7.02. The molecular weight excluding hydrogens is 124 g/mol. The molecule has 0 aliphatic rings. The fourth-order valence-corrected chi connectivity index (χ4v) is 0.678. The maximum Gasteiger partial charge on any atom is 0.0468 e. The molecule has 1 heteroatoms. The highest BCUT2D eigenvalue weighted by Gasteiger charge is 1.83. The summed E-state index contributed by atoms with van der Waals surface area (Å²) < 4.78 is 5.07. The quantitative estimate of drug-likeness (QED) is 0.422. The summed E-state index contributed by atoms with van der Waals surface area (Å²) in [5.41, 5.74) is 1.38. The first kappa shape index (κ1) is 9.70. The Hall–Kier alpha value is -0.300. The van der Waals surface area contributed by atoms with Crippen LogP contribution >= 0.6 is 0 Å². The van der Waals surface area contributed by atoms with Gasteiger partial charge in [-0.05, 0) is 33.6 Å². The van der Waals surface area contributed by atoms with Crippen molar-refractivity contribution in [3.8, 4) is 0 Å². The lowest BCUT2D eigenvalue weighted by molar-refractivity contribution is 0.159. The van der Waals surface area contributed by atoms with Gasteiger partial charge in [-0.25, -0.2) is 0 Å². The van der Waals surface area contributed by atoms with Crippen molar-refractivity contribution in [3.05, 3.63) is 18.6 Å². The lowest BCUT2D eigenvalue weighted by Gasteiger charge is -1.97. The molecule has 0 bridgehead atoms. The van der Waals surface area contributed by atoms with E-state index in [-0.39, 0.29) is 0 Å². The highest BCUT2D eigenvalue weighted by molar-refractivity contribution is 4.92. The van der Waals surface area contributed by atoms with E-state index in [1.807, 2.05) is 0 Å². The Morgan fingerprint density at radius 2 is 2.20 bits per heavy atom. The van der Waals surface area contributed by atoms with Crippen LogP contribution in [0.25, 0.3) is 0 Å². The summed E-state index contributed by atoms with van der Waals surface area (Å²) in [5.74, 6) is 0. The second-order valence-corrected chi connectivity index (χ2v) is 2.54. The second-order valence-electron chi connectivity index (χ2n) is 2.54. The van der Waals surface area contributed by atoms with Crippen molar-refractivity contribution in [1.29, 1.82) is 0 Å². The minimum absolute atomic E-state index is 0.592. The molecule has 0 saturated heterocycles. The summed E-state index contributed by atoms with van der Waals surface area (Å²) in [4.78, 5) is 0. The fraction of sp³-hybridized carbons (Fsp3) is 0.667. The molecule has 0 N–H and O–H groups in total. The van der Waals surface area contributed by atoms with Gasteiger partial charge < -0.3 is 4.74 Å². The van der Waals surface area contributed by atoms with Gasteiger partial charge in [0.2, 0.25) is 0 Å². The van der Waals surface area contributed by atoms with Gasteiger partial charge >= 0.3 is 0 Å². The standard InChI is InChI=1S/C9H17O/c1-4-10-8-6-5-7-9(2)3/h7H,1,4-6,8H2,2-3H3. The smallest absolute Gasteiger partial charge is 0.0468 e. The van der Waals surface area contributed by atoms with Gasteiger partial charge in [0, 0.05) is 13.2 Å². The number of hydrogen-bond donors (Lipinski definition) is 0. The molecule has 0 aromatic rings. The summed E-state index contributed by atoms with van der Waals surface area (Å²) in [6.07, 6.45) is 4.47. The Kier molecular flexibility index (Phi) is 6.61. The van der Waals surface area contributed by atoms with Crippen LogP contribution in [0.4, 0.5) is 0 Å². The van der Waals surface area contributed by atoms with Crippen molar-refractivity contribution in [2.75, 3.05) is 13.2 Å². The minimum atomic E-state index is 0.592. The molecule has 0 aliphatic heterocycles. The maximum absolute atomic E-state index is 5.07. The van der Waals surface area contributed by atoms with Gasteiger partial charge in [-0.2, -0.15) is 0 Å². The molecule has 0 aromatic carbocycles. The minimum Gasteiger partial charge on any atom is -0.381 e. The predicted molar refractivity (Wildman–Crippen MR) is 44.8 cm³/mol. The highest BCUT2D eigenvalue weighted by Crippen LogP contribution is 1.96. The Morgan fingerprint density at radius 3 is 2.70 bits per heavy atom. The van der Waals surface area contributed by atoms with Gasteiger partial charge in [0.15, 0.2) is 0 Å². The summed E-state index contributed by atoms with van der Waals surface area (Å²) in [6, 6.07) is 0. The number of rotatable bonds is 5. The molecule has 59 valence electrons. The molecule has 0 saturated carbocycles. The van der Waals surface area contributed by atoms with Gasteiger partial charge in [-0.15, -0.1) is 0 Å². The van der Waals surface area contributed by atoms with Crippen LogP contribution in [0, 0.1) is 6.92 Å². The van der Waals surface area contributed by atoms with Crippen LogP contribution in [0.1, 0.15) is 26.7 Å². The van der Waals surface area contributed by atoms with Gasteiger partial charge in [-0.3, -0.25) is 0 Å². The van der Waals surface area contributed by atoms with E-state index in [4.69, 9.17) is 4.74 Å². The maximum atomic E-state index is 5.07. The van der Waals surface area contributed by atoms with Crippen molar-refractivity contribution in [2.45, 2.75) is 26.7 Å². The van der Waals surface area contributed by atoms with E-state index >= 15 is 0 Å². The molecule has 0 aliphatic carbocycles. The number of hydrogen-bond acceptors (Lipinski definition) is 1. The van der Waals surface area contributed by atoms with Gasteiger partial charge in [-0.1, -0.05) is 11.6 Å². The lowest BCUT2D eigenvalue weighted by Crippen LogP contribution is -1.91. The first-order valence-electron chi connectivity index (χ1n) is 3.77. The van der Waals surface area contributed by atoms with E-state index in [0.717, 1.165) is 19.4 Å². The SMILES string of the molecule is [CH2]COCCCC=C(C)C. The molecule has 1 nitrogen and oxygen atoms in total. The third-order valence-electron chi connectivity index (χ3n) is 1.19. The third kappa shape index (κ3) is 7.70. The molecule has 0 aromatic heterocycles. The van der Waals surface area contributed by atoms with Crippen molar-refractivity contribution >= 4 is 0 Å². The first-order chi connectivity index (χ1) is 4.77. The topological polar surface area (TPSA) is 9.23 Å². The van der Waals surface area contributed by atoms with E-state index in [1.165, 1.54) is 5.57 Å². The zero-order chi connectivity index (χ0) is 7.82. The highest BCUT2D eigenvalue weighted by atomic mass is 16.5. The Morgan fingerprint density at radius 1 is 1.50 bits per heavy atom. The fourth-order valence-electron chi connectivity index (χ4n) is 0.678. The van der Waals surface area contributed by atoms with Crippen LogP contribution in [0.2, 0.25) is 0 Å². The average Bonchev–Trinajstić information content (AvgIpc) is 1.87. The van der Waals surface area contributed by atoms with E-state index in [1.54, 1.807) is 0 Å². The van der Waals surface area contributed by atoms with Gasteiger partial charge in [0.25, 0.3) is 0 Å². The first-order valence-corrected chi connectivity index (χ1v) is 3.77. The van der Waals surface area contributed by atoms with E-state index in [0.29, 0.717) is 6.61 Å². The molecule has 0 unspecified atom stereocenters. The summed E-state index contributed by atoms with van der Waals surface area (Å²) in [6.45, 7) is 9.24. The molecule has 0 heterocycles. The zero-order valence-electron chi connectivity index (χ0n) is 7.02. The van der Waals surface area contributed by atoms with E-state index in [2.05, 4.69) is 26.8 Å². The summed E-state index contributed by atoms with van der Waals surface area (Å²) in [7, 11) is 0. The summed E-state index contributed by atoms with van der Waals surface area (Å²) >= 11 is 0. The van der Waals surface area contributed by atoms with Gasteiger partial charge in [0.05, 0.1) is 0 Å². The Balaban J connectivity index is 2.98. The van der Waals surface area contributed by atoms with E-state index in [9.17, 15) is 0 Å². The Labute approximate surface area is 64.1 Å². The van der Waals surface area contributed by atoms with Crippen LogP contribution in [-0.2, 0) is 4.74 Å². The predicted octanol–water partition coefficient (Wildman–Crippen LogP) is 2.58. The van der Waals surface area contributed by atoms with Crippen LogP contribution in [-0.4, -0.2) is 13.2 Å². The van der Waals surface area contributed by atoms with Crippen LogP contribution < -0.4 is 0 Å². The third-order valence-corrected chi connectivity index (χ3v) is 1.19. The van der Waals surface area contributed by atoms with Crippen LogP contribution in [0.3, 0.4) is 0 Å². The second kappa shape index (κ2) is 6.81. The van der Waals surface area contributed by atoms with Crippen molar-refractivity contribution in [3.63, 3.8) is 0 Å². The van der Waals surface area contributed by atoms with Crippen LogP contribution in [0.15, 0.2) is 11.6 Å². The molecule has 0 fully saturated rings. The molecule has 10 heavy (non-hydrogen) atoms. The molecule has 0 spiro atoms. The van der Waals surface area contributed by atoms with E-state index < -0.39 is 0 Å². The summed E-state index contributed by atoms with van der Waals surface area (Å²) in [5, 5.41) is 0. The molecule has 0 atom stereocenters.